The molecule has 0 heterocycles. The monoisotopic (exact) mass is 127 g/mol. The molecule has 0 bridgehead atoms. The highest BCUT2D eigenvalue weighted by Crippen LogP contribution is 2.56. The lowest BCUT2D eigenvalue weighted by atomic mass is 9.91. The van der Waals surface area contributed by atoms with Crippen molar-refractivity contribution >= 4 is 0 Å². The van der Waals surface area contributed by atoms with Gasteiger partial charge in [-0.3, -0.25) is 0 Å². The molecule has 1 rings (SSSR count). The van der Waals surface area contributed by atoms with E-state index in [2.05, 4.69) is 20.8 Å². The number of rotatable bonds is 2. The molecule has 1 heteroatoms. The van der Waals surface area contributed by atoms with Gasteiger partial charge in [0, 0.05) is 0 Å². The minimum Gasteiger partial charge on any atom is -0.330 e. The molecule has 1 saturated carbocycles. The third-order valence-corrected chi connectivity index (χ3v) is 3.19. The van der Waals surface area contributed by atoms with Gasteiger partial charge >= 0.3 is 0 Å². The Morgan fingerprint density at radius 2 is 2.22 bits per heavy atom. The molecule has 1 aliphatic carbocycles. The maximum absolute atomic E-state index is 5.56. The summed E-state index contributed by atoms with van der Waals surface area (Å²) in [4.78, 5) is 0. The van der Waals surface area contributed by atoms with Crippen LogP contribution in [0.3, 0.4) is 0 Å². The van der Waals surface area contributed by atoms with Crippen LogP contribution in [0.25, 0.3) is 0 Å². The second-order valence-electron chi connectivity index (χ2n) is 3.75. The molecule has 2 N–H and O–H groups in total. The first-order valence-corrected chi connectivity index (χ1v) is 3.81. The van der Waals surface area contributed by atoms with Crippen molar-refractivity contribution in [3.05, 3.63) is 0 Å². The van der Waals surface area contributed by atoms with Crippen LogP contribution in [0.4, 0.5) is 0 Å². The fraction of sp³-hybridized carbons (Fsp3) is 1.00. The van der Waals surface area contributed by atoms with Gasteiger partial charge in [-0.05, 0) is 30.2 Å². The smallest absolute Gasteiger partial charge is 0.00462 e. The first-order chi connectivity index (χ1) is 4.11. The first kappa shape index (κ1) is 7.07. The fourth-order valence-electron chi connectivity index (χ4n) is 1.56. The molecule has 0 aromatic heterocycles. The average Bonchev–Trinajstić information content (AvgIpc) is 2.41. The van der Waals surface area contributed by atoms with Crippen molar-refractivity contribution in [2.24, 2.45) is 23.0 Å². The average molecular weight is 127 g/mol. The summed E-state index contributed by atoms with van der Waals surface area (Å²) in [5, 5.41) is 0. The molecule has 0 radical (unpaired) electrons. The molecule has 0 aromatic rings. The van der Waals surface area contributed by atoms with Gasteiger partial charge in [-0.1, -0.05) is 20.8 Å². The maximum Gasteiger partial charge on any atom is -0.00462 e. The predicted octanol–water partition coefficient (Wildman–Crippen LogP) is 1.63. The largest absolute Gasteiger partial charge is 0.330 e. The summed E-state index contributed by atoms with van der Waals surface area (Å²) in [6, 6.07) is 0. The van der Waals surface area contributed by atoms with Gasteiger partial charge in [0.15, 0.2) is 0 Å². The first-order valence-electron chi connectivity index (χ1n) is 3.81. The van der Waals surface area contributed by atoms with Crippen LogP contribution in [-0.2, 0) is 0 Å². The molecular formula is C8H17N. The van der Waals surface area contributed by atoms with Crippen molar-refractivity contribution < 1.29 is 0 Å². The normalized spacial score (nSPS) is 44.7. The molecule has 1 nitrogen and oxygen atoms in total. The van der Waals surface area contributed by atoms with Crippen LogP contribution < -0.4 is 5.73 Å². The summed E-state index contributed by atoms with van der Waals surface area (Å²) in [6.07, 6.45) is 1.38. The summed E-state index contributed by atoms with van der Waals surface area (Å²) in [5.41, 5.74) is 6.15. The third kappa shape index (κ3) is 0.983. The SMILES string of the molecule is CC(CN)C1(C)CC1C. The van der Waals surface area contributed by atoms with E-state index in [1.165, 1.54) is 6.42 Å². The summed E-state index contributed by atoms with van der Waals surface area (Å²) in [6.45, 7) is 7.76. The zero-order chi connectivity index (χ0) is 7.07. The van der Waals surface area contributed by atoms with E-state index < -0.39 is 0 Å². The van der Waals surface area contributed by atoms with E-state index >= 15 is 0 Å². The zero-order valence-electron chi connectivity index (χ0n) is 6.65. The standard InChI is InChI=1S/C8H17N/c1-6-4-8(6,3)7(2)5-9/h6-7H,4-5,9H2,1-3H3. The summed E-state index contributed by atoms with van der Waals surface area (Å²) in [5.74, 6) is 1.63. The number of nitrogens with two attached hydrogens (primary N) is 1. The van der Waals surface area contributed by atoms with Crippen LogP contribution >= 0.6 is 0 Å². The Labute approximate surface area is 57.6 Å². The van der Waals surface area contributed by atoms with E-state index in [0.29, 0.717) is 11.3 Å². The van der Waals surface area contributed by atoms with Crippen LogP contribution in [0.2, 0.25) is 0 Å². The maximum atomic E-state index is 5.56. The van der Waals surface area contributed by atoms with Crippen molar-refractivity contribution in [2.75, 3.05) is 6.54 Å². The Morgan fingerprint density at radius 1 is 1.78 bits per heavy atom. The Morgan fingerprint density at radius 3 is 2.33 bits per heavy atom. The number of hydrogen-bond acceptors (Lipinski definition) is 1. The molecule has 0 saturated heterocycles. The summed E-state index contributed by atoms with van der Waals surface area (Å²) in [7, 11) is 0. The molecular weight excluding hydrogens is 110 g/mol. The van der Waals surface area contributed by atoms with Crippen molar-refractivity contribution in [3.63, 3.8) is 0 Å². The molecule has 3 atom stereocenters. The lowest BCUT2D eigenvalue weighted by Crippen LogP contribution is -2.20. The van der Waals surface area contributed by atoms with Crippen LogP contribution in [-0.4, -0.2) is 6.54 Å². The highest BCUT2D eigenvalue weighted by molar-refractivity contribution is 4.99. The molecule has 3 unspecified atom stereocenters. The molecule has 54 valence electrons. The van der Waals surface area contributed by atoms with E-state index in [-0.39, 0.29) is 0 Å². The van der Waals surface area contributed by atoms with Crippen molar-refractivity contribution in [1.82, 2.24) is 0 Å². The lowest BCUT2D eigenvalue weighted by Gasteiger charge is -2.16. The fourth-order valence-corrected chi connectivity index (χ4v) is 1.56. The van der Waals surface area contributed by atoms with Gasteiger partial charge in [0.25, 0.3) is 0 Å². The second-order valence-corrected chi connectivity index (χ2v) is 3.75. The van der Waals surface area contributed by atoms with Crippen molar-refractivity contribution in [3.8, 4) is 0 Å². The molecule has 1 fully saturated rings. The molecule has 0 amide bonds. The molecule has 0 aliphatic heterocycles. The molecule has 0 aromatic carbocycles. The molecule has 1 aliphatic rings. The number of hydrogen-bond donors (Lipinski definition) is 1. The highest BCUT2D eigenvalue weighted by atomic mass is 14.6. The van der Waals surface area contributed by atoms with Gasteiger partial charge in [0.05, 0.1) is 0 Å². The highest BCUT2D eigenvalue weighted by Gasteiger charge is 2.49. The predicted molar refractivity (Wildman–Crippen MR) is 40.1 cm³/mol. The van der Waals surface area contributed by atoms with E-state index in [9.17, 15) is 0 Å². The molecule has 9 heavy (non-hydrogen) atoms. The van der Waals surface area contributed by atoms with Crippen molar-refractivity contribution in [1.29, 1.82) is 0 Å². The molecule has 0 spiro atoms. The van der Waals surface area contributed by atoms with Crippen LogP contribution in [0.15, 0.2) is 0 Å². The Bertz CT molecular complexity index is 111. The van der Waals surface area contributed by atoms with Crippen molar-refractivity contribution in [2.45, 2.75) is 27.2 Å². The van der Waals surface area contributed by atoms with E-state index in [0.717, 1.165) is 12.5 Å². The Kier molecular flexibility index (Phi) is 1.55. The van der Waals surface area contributed by atoms with Crippen LogP contribution in [0.5, 0.6) is 0 Å². The van der Waals surface area contributed by atoms with E-state index in [1.54, 1.807) is 0 Å². The Hall–Kier alpha value is -0.0400. The minimum atomic E-state index is 0.592. The Balaban J connectivity index is 2.43. The topological polar surface area (TPSA) is 26.0 Å². The third-order valence-electron chi connectivity index (χ3n) is 3.19. The lowest BCUT2D eigenvalue weighted by molar-refractivity contribution is 0.346. The van der Waals surface area contributed by atoms with Gasteiger partial charge in [-0.2, -0.15) is 0 Å². The second kappa shape index (κ2) is 1.98. The van der Waals surface area contributed by atoms with Gasteiger partial charge in [0.2, 0.25) is 0 Å². The van der Waals surface area contributed by atoms with Gasteiger partial charge in [-0.25, -0.2) is 0 Å². The zero-order valence-corrected chi connectivity index (χ0v) is 6.65. The summed E-state index contributed by atoms with van der Waals surface area (Å²) < 4.78 is 0. The van der Waals surface area contributed by atoms with E-state index in [4.69, 9.17) is 5.73 Å². The quantitative estimate of drug-likeness (QED) is 0.599. The van der Waals surface area contributed by atoms with Gasteiger partial charge < -0.3 is 5.73 Å². The van der Waals surface area contributed by atoms with Crippen LogP contribution in [0, 0.1) is 17.3 Å². The van der Waals surface area contributed by atoms with Crippen LogP contribution in [0.1, 0.15) is 27.2 Å². The van der Waals surface area contributed by atoms with E-state index in [1.807, 2.05) is 0 Å². The minimum absolute atomic E-state index is 0.592. The van der Waals surface area contributed by atoms with Gasteiger partial charge in [0.1, 0.15) is 0 Å². The summed E-state index contributed by atoms with van der Waals surface area (Å²) >= 11 is 0. The van der Waals surface area contributed by atoms with Gasteiger partial charge in [-0.15, -0.1) is 0 Å².